The van der Waals surface area contributed by atoms with Crippen LogP contribution >= 0.6 is 0 Å². The Kier molecular flexibility index (Phi) is 7.59. The van der Waals surface area contributed by atoms with Crippen LogP contribution < -0.4 is 4.72 Å². The van der Waals surface area contributed by atoms with Gasteiger partial charge in [-0.2, -0.15) is 0 Å². The van der Waals surface area contributed by atoms with E-state index in [9.17, 15) is 23.1 Å². The number of hydrogen-bond acceptors (Lipinski definition) is 6. The number of carbonyl (C=O) groups excluding carboxylic acids is 1. The minimum Gasteiger partial charge on any atom is -0.481 e. The van der Waals surface area contributed by atoms with Crippen molar-refractivity contribution < 1.29 is 27.6 Å². The van der Waals surface area contributed by atoms with E-state index in [0.29, 0.717) is 23.4 Å². The van der Waals surface area contributed by atoms with Crippen molar-refractivity contribution >= 4 is 21.9 Å². The molecule has 0 bridgehead atoms. The molecule has 9 heteroatoms. The van der Waals surface area contributed by atoms with Gasteiger partial charge in [0, 0.05) is 30.2 Å². The molecule has 0 spiro atoms. The Labute approximate surface area is 212 Å². The second-order valence-corrected chi connectivity index (χ2v) is 13.3. The highest BCUT2D eigenvalue weighted by Crippen LogP contribution is 2.53. The van der Waals surface area contributed by atoms with Crippen LogP contribution in [0.5, 0.6) is 0 Å². The molecule has 1 aromatic heterocycles. The molecule has 8 nitrogen and oxygen atoms in total. The molecular formula is C27H36N2O6S. The average molecular weight is 517 g/mol. The fourth-order valence-corrected chi connectivity index (χ4v) is 6.40. The normalized spacial score (nSPS) is 21.0. The number of benzene rings is 1. The molecule has 196 valence electrons. The van der Waals surface area contributed by atoms with Gasteiger partial charge in [-0.3, -0.25) is 9.59 Å². The second-order valence-electron chi connectivity index (χ2n) is 11.6. The molecule has 1 atom stereocenters. The van der Waals surface area contributed by atoms with Gasteiger partial charge in [-0.25, -0.2) is 13.1 Å². The van der Waals surface area contributed by atoms with Crippen LogP contribution in [0.4, 0.5) is 0 Å². The van der Waals surface area contributed by atoms with Crippen LogP contribution in [-0.4, -0.2) is 30.6 Å². The molecule has 0 radical (unpaired) electrons. The van der Waals surface area contributed by atoms with Crippen molar-refractivity contribution in [3.8, 4) is 0 Å². The lowest BCUT2D eigenvalue weighted by molar-refractivity contribution is -0.137. The van der Waals surface area contributed by atoms with Gasteiger partial charge in [0.15, 0.2) is 0 Å². The van der Waals surface area contributed by atoms with E-state index < -0.39 is 27.8 Å². The number of carbonyl (C=O) groups is 2. The number of carboxylic acids is 1. The molecule has 1 aromatic carbocycles. The van der Waals surface area contributed by atoms with Crippen LogP contribution in [0.2, 0.25) is 0 Å². The maximum Gasteiger partial charge on any atom is 0.303 e. The lowest BCUT2D eigenvalue weighted by atomic mass is 9.66. The third kappa shape index (κ3) is 6.55. The van der Waals surface area contributed by atoms with Crippen molar-refractivity contribution in [3.05, 3.63) is 47.3 Å². The van der Waals surface area contributed by atoms with Gasteiger partial charge in [-0.15, -0.1) is 0 Å². The summed E-state index contributed by atoms with van der Waals surface area (Å²) >= 11 is 0. The van der Waals surface area contributed by atoms with Gasteiger partial charge >= 0.3 is 5.97 Å². The Morgan fingerprint density at radius 2 is 1.81 bits per heavy atom. The molecular weight excluding hydrogens is 480 g/mol. The molecule has 1 heterocycles. The Hall–Kier alpha value is -2.68. The van der Waals surface area contributed by atoms with Gasteiger partial charge in [0.25, 0.3) is 10.0 Å². The summed E-state index contributed by atoms with van der Waals surface area (Å²) in [4.78, 5) is 24.2. The van der Waals surface area contributed by atoms with Crippen molar-refractivity contribution in [3.63, 3.8) is 0 Å². The minimum atomic E-state index is -4.02. The van der Waals surface area contributed by atoms with Crippen LogP contribution in [0.1, 0.15) is 107 Å². The minimum absolute atomic E-state index is 0.00220. The van der Waals surface area contributed by atoms with E-state index in [2.05, 4.69) is 30.6 Å². The standard InChI is InChI=1S/C27H36N2O6S/c1-27(2,3)16-17-13-20(14-17)26-24(18-9-10-18)25(28-35-26)19(11-12-23(31)32)15-22(30)29-36(33,34)21-7-5-4-6-8-21/h4-8,17-20H,9-16H2,1-3H3,(H,29,30)(H,31,32)/t17-,19-,20+/m0/s1. The Bertz CT molecular complexity index is 1190. The summed E-state index contributed by atoms with van der Waals surface area (Å²) in [5.74, 6) is -0.0614. The number of aliphatic carboxylic acids is 1. The number of amides is 1. The highest BCUT2D eigenvalue weighted by molar-refractivity contribution is 7.90. The van der Waals surface area contributed by atoms with Gasteiger partial charge in [0.05, 0.1) is 10.6 Å². The van der Waals surface area contributed by atoms with E-state index in [4.69, 9.17) is 4.52 Å². The summed E-state index contributed by atoms with van der Waals surface area (Å²) in [7, 11) is -4.02. The van der Waals surface area contributed by atoms with Crippen LogP contribution in [0.3, 0.4) is 0 Å². The van der Waals surface area contributed by atoms with Crippen molar-refractivity contribution in [2.75, 3.05) is 0 Å². The fourth-order valence-electron chi connectivity index (χ4n) is 5.38. The number of hydrogen-bond donors (Lipinski definition) is 2. The molecule has 2 aromatic rings. The molecule has 2 aliphatic carbocycles. The topological polar surface area (TPSA) is 127 Å². The molecule has 2 aliphatic rings. The Morgan fingerprint density at radius 1 is 1.14 bits per heavy atom. The first-order valence-electron chi connectivity index (χ1n) is 12.7. The number of sulfonamides is 1. The summed E-state index contributed by atoms with van der Waals surface area (Å²) < 4.78 is 33.2. The van der Waals surface area contributed by atoms with Gasteiger partial charge in [-0.05, 0) is 67.9 Å². The molecule has 2 saturated carbocycles. The van der Waals surface area contributed by atoms with Gasteiger partial charge in [-0.1, -0.05) is 44.1 Å². The molecule has 0 unspecified atom stereocenters. The molecule has 2 N–H and O–H groups in total. The van der Waals surface area contributed by atoms with E-state index in [1.807, 2.05) is 0 Å². The number of nitrogens with one attached hydrogen (secondary N) is 1. The van der Waals surface area contributed by atoms with Crippen molar-refractivity contribution in [2.45, 2.75) is 94.8 Å². The molecule has 0 aliphatic heterocycles. The van der Waals surface area contributed by atoms with Gasteiger partial charge in [0.1, 0.15) is 5.76 Å². The first-order chi connectivity index (χ1) is 16.9. The van der Waals surface area contributed by atoms with Gasteiger partial charge in [0.2, 0.25) is 5.91 Å². The third-order valence-corrected chi connectivity index (χ3v) is 8.49. The van der Waals surface area contributed by atoms with Gasteiger partial charge < -0.3 is 9.63 Å². The van der Waals surface area contributed by atoms with Crippen LogP contribution in [-0.2, 0) is 19.6 Å². The van der Waals surface area contributed by atoms with E-state index in [1.54, 1.807) is 18.2 Å². The monoisotopic (exact) mass is 516 g/mol. The average Bonchev–Trinajstić information content (AvgIpc) is 3.51. The highest BCUT2D eigenvalue weighted by atomic mass is 32.2. The summed E-state index contributed by atoms with van der Waals surface area (Å²) in [6, 6.07) is 7.69. The summed E-state index contributed by atoms with van der Waals surface area (Å²) in [5, 5.41) is 13.7. The van der Waals surface area contributed by atoms with E-state index in [1.165, 1.54) is 12.1 Å². The lowest BCUT2D eigenvalue weighted by Crippen LogP contribution is -2.31. The summed E-state index contributed by atoms with van der Waals surface area (Å²) in [6.45, 7) is 6.75. The molecule has 4 rings (SSSR count). The first-order valence-corrected chi connectivity index (χ1v) is 14.2. The van der Waals surface area contributed by atoms with Crippen LogP contribution in [0.25, 0.3) is 0 Å². The highest BCUT2D eigenvalue weighted by Gasteiger charge is 2.42. The largest absolute Gasteiger partial charge is 0.481 e. The van der Waals surface area contributed by atoms with Crippen molar-refractivity contribution in [1.82, 2.24) is 9.88 Å². The van der Waals surface area contributed by atoms with Crippen LogP contribution in [0, 0.1) is 11.3 Å². The SMILES string of the molecule is CC(C)(C)C[C@H]1C[C@@H](c2onc([C@@H](CCC(=O)O)CC(=O)NS(=O)(=O)c3ccccc3)c2C2CC2)C1. The smallest absolute Gasteiger partial charge is 0.303 e. The molecule has 0 saturated heterocycles. The zero-order valence-corrected chi connectivity index (χ0v) is 22.0. The fraction of sp³-hybridized carbons (Fsp3) is 0.593. The van der Waals surface area contributed by atoms with Crippen molar-refractivity contribution in [1.29, 1.82) is 0 Å². The molecule has 2 fully saturated rings. The Morgan fingerprint density at radius 3 is 2.39 bits per heavy atom. The zero-order valence-electron chi connectivity index (χ0n) is 21.2. The van der Waals surface area contributed by atoms with E-state index >= 15 is 0 Å². The number of rotatable bonds is 11. The maximum atomic E-state index is 12.8. The van der Waals surface area contributed by atoms with E-state index in [0.717, 1.165) is 43.4 Å². The first kappa shape index (κ1) is 26.4. The zero-order chi connectivity index (χ0) is 26.1. The maximum absolute atomic E-state index is 12.8. The molecule has 36 heavy (non-hydrogen) atoms. The lowest BCUT2D eigenvalue weighted by Gasteiger charge is -2.38. The summed E-state index contributed by atoms with van der Waals surface area (Å²) in [5.41, 5.74) is 1.93. The number of carboxylic acid groups (broad SMARTS) is 1. The van der Waals surface area contributed by atoms with Crippen molar-refractivity contribution in [2.24, 2.45) is 11.3 Å². The number of aromatic nitrogens is 1. The van der Waals surface area contributed by atoms with Crippen LogP contribution in [0.15, 0.2) is 39.8 Å². The predicted octanol–water partition coefficient (Wildman–Crippen LogP) is 5.33. The molecule has 1 amide bonds. The third-order valence-electron chi connectivity index (χ3n) is 7.10. The predicted molar refractivity (Wildman–Crippen MR) is 134 cm³/mol. The quantitative estimate of drug-likeness (QED) is 0.413. The van der Waals surface area contributed by atoms with E-state index in [-0.39, 0.29) is 29.6 Å². The summed E-state index contributed by atoms with van der Waals surface area (Å²) in [6.07, 6.45) is 5.12. The second kappa shape index (κ2) is 10.4. The number of nitrogens with zero attached hydrogens (tertiary/aromatic N) is 1. The Balaban J connectivity index is 1.52.